The third-order valence-electron chi connectivity index (χ3n) is 6.72. The molecule has 0 unspecified atom stereocenters. The molecule has 1 aromatic heterocycles. The molecule has 206 valence electrons. The second kappa shape index (κ2) is 15.1. The third-order valence-corrected chi connectivity index (χ3v) is 6.72. The van der Waals surface area contributed by atoms with Gasteiger partial charge < -0.3 is 24.6 Å². The smallest absolute Gasteiger partial charge is 0.411 e. The van der Waals surface area contributed by atoms with Crippen molar-refractivity contribution in [2.75, 3.05) is 33.4 Å². The van der Waals surface area contributed by atoms with Crippen LogP contribution in [-0.2, 0) is 14.1 Å². The first kappa shape index (κ1) is 30.0. The van der Waals surface area contributed by atoms with E-state index in [2.05, 4.69) is 36.1 Å². The summed E-state index contributed by atoms with van der Waals surface area (Å²) in [7, 11) is 1.59. The van der Waals surface area contributed by atoms with Gasteiger partial charge in [0.1, 0.15) is 11.7 Å². The molecule has 9 heteroatoms. The lowest BCUT2D eigenvalue weighted by atomic mass is 9.64. The number of benzene rings is 1. The average Bonchev–Trinajstić information content (AvgIpc) is 2.90. The number of aliphatic hydroxyl groups excluding tert-OH is 1. The maximum atomic E-state index is 13.5. The zero-order valence-corrected chi connectivity index (χ0v) is 23.1. The standard InChI is InChI=1S/C29H42BN3O5/c1-21(2)19-24(30-37-17-9-15-33(4)16-10-18-38-30)20-27(35)28(22(3)34)32-29(36)26-14-8-13-25(31-26)23-11-6-5-7-12-23/h5-8,11-14,21-22,24,28,34H,9-10,15-20H2,1-4H3,(H,32,36)/t22-,24-,28+/m1/s1. The second-order valence-corrected chi connectivity index (χ2v) is 10.6. The minimum absolute atomic E-state index is 0.135. The number of aliphatic hydroxyl groups is 1. The number of nitrogens with one attached hydrogen (secondary N) is 1. The van der Waals surface area contributed by atoms with Crippen LogP contribution >= 0.6 is 0 Å². The van der Waals surface area contributed by atoms with Gasteiger partial charge in [-0.05, 0) is 64.4 Å². The predicted octanol–water partition coefficient (Wildman–Crippen LogP) is 3.85. The molecule has 2 heterocycles. The zero-order chi connectivity index (χ0) is 27.5. The maximum absolute atomic E-state index is 13.5. The van der Waals surface area contributed by atoms with Gasteiger partial charge in [-0.25, -0.2) is 4.98 Å². The first-order chi connectivity index (χ1) is 18.2. The number of rotatable bonds is 10. The Morgan fingerprint density at radius 3 is 2.29 bits per heavy atom. The molecular formula is C29H42BN3O5. The monoisotopic (exact) mass is 523 g/mol. The van der Waals surface area contributed by atoms with Gasteiger partial charge in [-0.1, -0.05) is 50.2 Å². The van der Waals surface area contributed by atoms with Crippen LogP contribution in [0.3, 0.4) is 0 Å². The molecule has 0 bridgehead atoms. The summed E-state index contributed by atoms with van der Waals surface area (Å²) in [6.45, 7) is 8.74. The van der Waals surface area contributed by atoms with Crippen molar-refractivity contribution < 1.29 is 24.0 Å². The number of pyridine rings is 1. The van der Waals surface area contributed by atoms with E-state index in [1.807, 2.05) is 36.4 Å². The summed E-state index contributed by atoms with van der Waals surface area (Å²) in [4.78, 5) is 33.3. The molecule has 3 atom stereocenters. The molecule has 3 rings (SSSR count). The Balaban J connectivity index is 1.71. The van der Waals surface area contributed by atoms with Crippen LogP contribution in [0, 0.1) is 5.92 Å². The summed E-state index contributed by atoms with van der Waals surface area (Å²) in [6.07, 6.45) is 1.58. The number of amides is 1. The Bertz CT molecular complexity index is 1010. The molecule has 0 radical (unpaired) electrons. The molecular weight excluding hydrogens is 481 g/mol. The number of nitrogens with zero attached hydrogens (tertiary/aromatic N) is 2. The van der Waals surface area contributed by atoms with Gasteiger partial charge in [0.25, 0.3) is 5.91 Å². The Hall–Kier alpha value is -2.59. The van der Waals surface area contributed by atoms with Crippen molar-refractivity contribution in [2.24, 2.45) is 5.92 Å². The SMILES string of the molecule is CC(C)C[C@H](CC(=O)[C@@H](NC(=O)c1cccc(-c2ccccc2)n1)[C@@H](C)O)B1OCCCN(C)CCCO1. The Morgan fingerprint density at radius 2 is 1.68 bits per heavy atom. The van der Waals surface area contributed by atoms with Gasteiger partial charge in [0.05, 0.1) is 11.8 Å². The largest absolute Gasteiger partial charge is 0.460 e. The van der Waals surface area contributed by atoms with Crippen molar-refractivity contribution in [1.82, 2.24) is 15.2 Å². The number of hydrogen-bond acceptors (Lipinski definition) is 7. The van der Waals surface area contributed by atoms with Crippen LogP contribution < -0.4 is 5.32 Å². The van der Waals surface area contributed by atoms with Gasteiger partial charge in [0.15, 0.2) is 5.78 Å². The zero-order valence-electron chi connectivity index (χ0n) is 23.1. The minimum Gasteiger partial charge on any atom is -0.411 e. The highest BCUT2D eigenvalue weighted by atomic mass is 16.6. The molecule has 0 saturated carbocycles. The highest BCUT2D eigenvalue weighted by molar-refractivity contribution is 6.47. The van der Waals surface area contributed by atoms with E-state index in [4.69, 9.17) is 9.31 Å². The lowest BCUT2D eigenvalue weighted by Gasteiger charge is -2.28. The molecule has 0 aliphatic carbocycles. The summed E-state index contributed by atoms with van der Waals surface area (Å²) >= 11 is 0. The Labute approximate surface area is 227 Å². The third kappa shape index (κ3) is 9.31. The first-order valence-corrected chi connectivity index (χ1v) is 13.7. The molecule has 1 saturated heterocycles. The van der Waals surface area contributed by atoms with Gasteiger partial charge in [-0.15, -0.1) is 0 Å². The van der Waals surface area contributed by atoms with E-state index in [-0.39, 0.29) is 23.7 Å². The first-order valence-electron chi connectivity index (χ1n) is 13.7. The number of aromatic nitrogens is 1. The average molecular weight is 523 g/mol. The molecule has 2 N–H and O–H groups in total. The van der Waals surface area contributed by atoms with Gasteiger partial charge >= 0.3 is 7.12 Å². The lowest BCUT2D eigenvalue weighted by Crippen LogP contribution is -2.49. The van der Waals surface area contributed by atoms with Gasteiger partial charge in [-0.3, -0.25) is 9.59 Å². The Morgan fingerprint density at radius 1 is 1.03 bits per heavy atom. The van der Waals surface area contributed by atoms with Crippen molar-refractivity contribution in [3.05, 3.63) is 54.2 Å². The van der Waals surface area contributed by atoms with Crippen molar-refractivity contribution in [2.45, 2.75) is 64.4 Å². The van der Waals surface area contributed by atoms with E-state index in [1.54, 1.807) is 12.1 Å². The molecule has 38 heavy (non-hydrogen) atoms. The van der Waals surface area contributed by atoms with Crippen molar-refractivity contribution in [3.8, 4) is 11.3 Å². The Kier molecular flexibility index (Phi) is 11.9. The summed E-state index contributed by atoms with van der Waals surface area (Å²) in [6, 6.07) is 13.7. The van der Waals surface area contributed by atoms with Gasteiger partial charge in [0, 0.05) is 31.0 Å². The molecule has 1 fully saturated rings. The summed E-state index contributed by atoms with van der Waals surface area (Å²) in [5.41, 5.74) is 1.73. The van der Waals surface area contributed by atoms with Crippen LogP contribution in [-0.4, -0.2) is 79.3 Å². The number of carbonyl (C=O) groups is 2. The normalized spacial score (nSPS) is 18.0. The fourth-order valence-corrected chi connectivity index (χ4v) is 4.80. The van der Waals surface area contributed by atoms with Crippen LogP contribution in [0.15, 0.2) is 48.5 Å². The fourth-order valence-electron chi connectivity index (χ4n) is 4.80. The fraction of sp³-hybridized carbons (Fsp3) is 0.552. The second-order valence-electron chi connectivity index (χ2n) is 10.6. The van der Waals surface area contributed by atoms with E-state index < -0.39 is 25.2 Å². The van der Waals surface area contributed by atoms with E-state index in [0.717, 1.165) is 37.9 Å². The predicted molar refractivity (Wildman–Crippen MR) is 150 cm³/mol. The van der Waals surface area contributed by atoms with Crippen LogP contribution in [0.4, 0.5) is 0 Å². The van der Waals surface area contributed by atoms with Gasteiger partial charge in [-0.2, -0.15) is 0 Å². The van der Waals surface area contributed by atoms with E-state index in [1.165, 1.54) is 6.92 Å². The van der Waals surface area contributed by atoms with Crippen molar-refractivity contribution in [3.63, 3.8) is 0 Å². The quantitative estimate of drug-likeness (QED) is 0.457. The summed E-state index contributed by atoms with van der Waals surface area (Å²) in [5, 5.41) is 13.2. The van der Waals surface area contributed by atoms with E-state index >= 15 is 0 Å². The highest BCUT2D eigenvalue weighted by Crippen LogP contribution is 2.28. The van der Waals surface area contributed by atoms with Crippen LogP contribution in [0.5, 0.6) is 0 Å². The van der Waals surface area contributed by atoms with E-state index in [0.29, 0.717) is 24.8 Å². The molecule has 1 aromatic carbocycles. The molecule has 1 aliphatic heterocycles. The molecule has 1 amide bonds. The van der Waals surface area contributed by atoms with Crippen molar-refractivity contribution >= 4 is 18.8 Å². The minimum atomic E-state index is -1.06. The molecule has 2 aromatic rings. The van der Waals surface area contributed by atoms with Crippen LogP contribution in [0.25, 0.3) is 11.3 Å². The van der Waals surface area contributed by atoms with Gasteiger partial charge in [0.2, 0.25) is 0 Å². The summed E-state index contributed by atoms with van der Waals surface area (Å²) in [5.74, 6) is -0.608. The lowest BCUT2D eigenvalue weighted by molar-refractivity contribution is -0.123. The number of ketones is 1. The van der Waals surface area contributed by atoms with E-state index in [9.17, 15) is 14.7 Å². The number of hydrogen-bond donors (Lipinski definition) is 2. The van der Waals surface area contributed by atoms with Crippen molar-refractivity contribution in [1.29, 1.82) is 0 Å². The van der Waals surface area contributed by atoms with Crippen LogP contribution in [0.2, 0.25) is 5.82 Å². The molecule has 1 aliphatic rings. The highest BCUT2D eigenvalue weighted by Gasteiger charge is 2.36. The molecule has 8 nitrogen and oxygen atoms in total. The number of carbonyl (C=O) groups excluding carboxylic acids is 2. The summed E-state index contributed by atoms with van der Waals surface area (Å²) < 4.78 is 12.2. The molecule has 0 spiro atoms. The topological polar surface area (TPSA) is 101 Å². The maximum Gasteiger partial charge on any atom is 0.460 e. The number of Topliss-reactive ketones (excluding diaryl/α,β-unsaturated/α-hetero) is 1. The van der Waals surface area contributed by atoms with Crippen LogP contribution in [0.1, 0.15) is 56.9 Å².